The van der Waals surface area contributed by atoms with Gasteiger partial charge < -0.3 is 0 Å². The van der Waals surface area contributed by atoms with Crippen molar-refractivity contribution in [3.63, 3.8) is 0 Å². The summed E-state index contributed by atoms with van der Waals surface area (Å²) in [6.07, 6.45) is 2.37. The fourth-order valence-corrected chi connectivity index (χ4v) is 2.83. The summed E-state index contributed by atoms with van der Waals surface area (Å²) in [5, 5.41) is 11.4. The van der Waals surface area contributed by atoms with Gasteiger partial charge in [0.1, 0.15) is 5.52 Å². The quantitative estimate of drug-likeness (QED) is 0.433. The van der Waals surface area contributed by atoms with Crippen LogP contribution in [0.15, 0.2) is 24.4 Å². The van der Waals surface area contributed by atoms with Crippen molar-refractivity contribution in [2.24, 2.45) is 0 Å². The van der Waals surface area contributed by atoms with Gasteiger partial charge in [-0.15, -0.1) is 0 Å². The number of nitrogens with one attached hydrogen (secondary N) is 1. The summed E-state index contributed by atoms with van der Waals surface area (Å²) in [6, 6.07) is 4.38. The Morgan fingerprint density at radius 3 is 2.70 bits per heavy atom. The molecule has 0 fully saturated rings. The van der Waals surface area contributed by atoms with E-state index in [1.54, 1.807) is 12.1 Å². The molecule has 0 amide bonds. The van der Waals surface area contributed by atoms with Crippen LogP contribution in [-0.2, 0) is 10.0 Å². The van der Waals surface area contributed by atoms with Gasteiger partial charge in [-0.25, -0.2) is 23.4 Å². The predicted molar refractivity (Wildman–Crippen MR) is 85.0 cm³/mol. The molecule has 1 aromatic carbocycles. The van der Waals surface area contributed by atoms with Crippen LogP contribution in [0.2, 0.25) is 5.15 Å². The van der Waals surface area contributed by atoms with Gasteiger partial charge in [0.25, 0.3) is 5.69 Å². The standard InChI is InChI=1S/C12H8ClN5O4S/c1-23(21,22)17-12-11(13)15-7-5-8(18(19)20)10-6(9(7)16-12)3-2-4-14-10/h2-5H,1H3,(H,16,17). The fourth-order valence-electron chi connectivity index (χ4n) is 2.10. The first-order valence-electron chi connectivity index (χ1n) is 6.13. The van der Waals surface area contributed by atoms with E-state index >= 15 is 0 Å². The fraction of sp³-hybridized carbons (Fsp3) is 0.0833. The number of nitro benzene ring substituents is 1. The Kier molecular flexibility index (Phi) is 3.49. The van der Waals surface area contributed by atoms with Crippen LogP contribution in [0.1, 0.15) is 0 Å². The van der Waals surface area contributed by atoms with E-state index in [-0.39, 0.29) is 33.2 Å². The highest BCUT2D eigenvalue weighted by atomic mass is 35.5. The van der Waals surface area contributed by atoms with Crippen molar-refractivity contribution in [1.29, 1.82) is 0 Å². The van der Waals surface area contributed by atoms with Crippen molar-refractivity contribution in [2.45, 2.75) is 0 Å². The molecule has 23 heavy (non-hydrogen) atoms. The van der Waals surface area contributed by atoms with Gasteiger partial charge in [-0.2, -0.15) is 0 Å². The second-order valence-electron chi connectivity index (χ2n) is 4.66. The van der Waals surface area contributed by atoms with Crippen molar-refractivity contribution < 1.29 is 13.3 Å². The first-order chi connectivity index (χ1) is 10.8. The Hall–Kier alpha value is -2.59. The first kappa shape index (κ1) is 15.3. The number of nitrogens with zero attached hydrogens (tertiary/aromatic N) is 4. The lowest BCUT2D eigenvalue weighted by molar-refractivity contribution is -0.383. The molecular formula is C12H8ClN5O4S. The molecule has 0 aliphatic carbocycles. The third-order valence-corrected chi connectivity index (χ3v) is 3.77. The molecule has 9 nitrogen and oxygen atoms in total. The number of non-ortho nitro benzene ring substituents is 1. The Labute approximate surface area is 134 Å². The van der Waals surface area contributed by atoms with Crippen LogP contribution in [0.25, 0.3) is 21.9 Å². The molecule has 0 unspecified atom stereocenters. The second-order valence-corrected chi connectivity index (χ2v) is 6.76. The Morgan fingerprint density at radius 1 is 1.30 bits per heavy atom. The summed E-state index contributed by atoms with van der Waals surface area (Å²) in [6.45, 7) is 0. The number of sulfonamides is 1. The van der Waals surface area contributed by atoms with Crippen molar-refractivity contribution in [3.8, 4) is 0 Å². The van der Waals surface area contributed by atoms with E-state index in [1.165, 1.54) is 12.3 Å². The Balaban J connectivity index is 2.41. The minimum atomic E-state index is -3.60. The zero-order valence-corrected chi connectivity index (χ0v) is 13.1. The molecule has 1 N–H and O–H groups in total. The van der Waals surface area contributed by atoms with Gasteiger partial charge in [-0.3, -0.25) is 14.8 Å². The van der Waals surface area contributed by atoms with E-state index in [0.29, 0.717) is 5.39 Å². The van der Waals surface area contributed by atoms with Gasteiger partial charge in [-0.05, 0) is 12.1 Å². The van der Waals surface area contributed by atoms with Crippen LogP contribution in [0.3, 0.4) is 0 Å². The molecule has 3 rings (SSSR count). The maximum atomic E-state index is 11.4. The van der Waals surface area contributed by atoms with Crippen LogP contribution < -0.4 is 4.72 Å². The number of nitro groups is 1. The maximum Gasteiger partial charge on any atom is 0.297 e. The highest BCUT2D eigenvalue weighted by Crippen LogP contribution is 2.32. The van der Waals surface area contributed by atoms with Crippen LogP contribution in [-0.4, -0.2) is 34.5 Å². The number of hydrogen-bond acceptors (Lipinski definition) is 7. The van der Waals surface area contributed by atoms with Crippen LogP contribution >= 0.6 is 11.6 Å². The molecule has 2 aromatic heterocycles. The summed E-state index contributed by atoms with van der Waals surface area (Å²) < 4.78 is 24.9. The van der Waals surface area contributed by atoms with Gasteiger partial charge in [0.15, 0.2) is 16.5 Å². The molecule has 0 atom stereocenters. The number of halogens is 1. The molecule has 0 aliphatic rings. The number of rotatable bonds is 3. The topological polar surface area (TPSA) is 128 Å². The average Bonchev–Trinajstić information content (AvgIpc) is 2.46. The molecule has 0 radical (unpaired) electrons. The van der Waals surface area contributed by atoms with E-state index in [1.807, 2.05) is 0 Å². The van der Waals surface area contributed by atoms with E-state index in [2.05, 4.69) is 19.7 Å². The smallest absolute Gasteiger partial charge is 0.265 e. The third-order valence-electron chi connectivity index (χ3n) is 2.94. The third kappa shape index (κ3) is 2.85. The van der Waals surface area contributed by atoms with Gasteiger partial charge in [0, 0.05) is 17.6 Å². The first-order valence-corrected chi connectivity index (χ1v) is 8.40. The van der Waals surface area contributed by atoms with Crippen LogP contribution in [0.5, 0.6) is 0 Å². The SMILES string of the molecule is CS(=O)(=O)Nc1nc2c(cc([N+](=O)[O-])c3ncccc32)nc1Cl. The largest absolute Gasteiger partial charge is 0.297 e. The van der Waals surface area contributed by atoms with E-state index < -0.39 is 14.9 Å². The number of pyridine rings is 1. The number of anilines is 1. The minimum Gasteiger partial charge on any atom is -0.265 e. The van der Waals surface area contributed by atoms with E-state index in [0.717, 1.165) is 6.26 Å². The Morgan fingerprint density at radius 2 is 2.04 bits per heavy atom. The molecule has 0 saturated carbocycles. The van der Waals surface area contributed by atoms with Gasteiger partial charge >= 0.3 is 0 Å². The van der Waals surface area contributed by atoms with Crippen molar-refractivity contribution >= 4 is 55.1 Å². The zero-order chi connectivity index (χ0) is 16.8. The van der Waals surface area contributed by atoms with Gasteiger partial charge in [0.2, 0.25) is 10.0 Å². The molecule has 0 saturated heterocycles. The van der Waals surface area contributed by atoms with E-state index in [9.17, 15) is 18.5 Å². The highest BCUT2D eigenvalue weighted by molar-refractivity contribution is 7.92. The normalized spacial score (nSPS) is 11.7. The number of hydrogen-bond donors (Lipinski definition) is 1. The lowest BCUT2D eigenvalue weighted by Crippen LogP contribution is -2.12. The summed E-state index contributed by atoms with van der Waals surface area (Å²) in [5.74, 6) is -0.152. The highest BCUT2D eigenvalue weighted by Gasteiger charge is 2.20. The van der Waals surface area contributed by atoms with E-state index in [4.69, 9.17) is 11.6 Å². The molecule has 0 bridgehead atoms. The molecule has 3 aromatic rings. The summed E-state index contributed by atoms with van der Waals surface area (Å²) in [5.41, 5.74) is 0.324. The molecule has 2 heterocycles. The molecule has 11 heteroatoms. The van der Waals surface area contributed by atoms with Crippen molar-refractivity contribution in [1.82, 2.24) is 15.0 Å². The molecule has 0 aliphatic heterocycles. The lowest BCUT2D eigenvalue weighted by atomic mass is 10.1. The zero-order valence-electron chi connectivity index (χ0n) is 11.5. The van der Waals surface area contributed by atoms with Gasteiger partial charge in [-0.1, -0.05) is 11.6 Å². The van der Waals surface area contributed by atoms with Crippen LogP contribution in [0, 0.1) is 10.1 Å². The molecular weight excluding hydrogens is 346 g/mol. The number of fused-ring (bicyclic) bond motifs is 3. The maximum absolute atomic E-state index is 11.4. The van der Waals surface area contributed by atoms with Crippen molar-refractivity contribution in [3.05, 3.63) is 39.7 Å². The summed E-state index contributed by atoms with van der Waals surface area (Å²) >= 11 is 5.91. The second kappa shape index (κ2) is 5.25. The minimum absolute atomic E-state index is 0.131. The number of aromatic nitrogens is 3. The lowest BCUT2D eigenvalue weighted by Gasteiger charge is -2.08. The average molecular weight is 354 g/mol. The predicted octanol–water partition coefficient (Wildman–Crippen LogP) is 2.11. The number of benzene rings is 1. The monoisotopic (exact) mass is 353 g/mol. The van der Waals surface area contributed by atoms with Gasteiger partial charge in [0.05, 0.1) is 16.7 Å². The Bertz CT molecular complexity index is 1070. The summed E-state index contributed by atoms with van der Waals surface area (Å²) in [7, 11) is -3.60. The molecule has 0 spiro atoms. The van der Waals surface area contributed by atoms with Crippen molar-refractivity contribution in [2.75, 3.05) is 11.0 Å². The van der Waals surface area contributed by atoms with Crippen LogP contribution in [0.4, 0.5) is 11.5 Å². The molecule has 118 valence electrons. The summed E-state index contributed by atoms with van der Waals surface area (Å²) in [4.78, 5) is 22.8.